The molecular weight excluding hydrogens is 242 g/mol. The van der Waals surface area contributed by atoms with Crippen LogP contribution in [-0.4, -0.2) is 16.8 Å². The van der Waals surface area contributed by atoms with Gasteiger partial charge in [0.25, 0.3) is 0 Å². The number of rotatable bonds is 4. The molecule has 0 spiro atoms. The second kappa shape index (κ2) is 5.74. The van der Waals surface area contributed by atoms with E-state index >= 15 is 0 Å². The Hall–Kier alpha value is -0.0500. The molecule has 2 nitrogen and oxygen atoms in total. The molecule has 0 heterocycles. The topological polar surface area (TPSA) is 29.1 Å². The minimum Gasteiger partial charge on any atom is -0.352 e. The minimum absolute atomic E-state index is 0.167. The highest BCUT2D eigenvalue weighted by Crippen LogP contribution is 2.25. The highest BCUT2D eigenvalue weighted by atomic mass is 79.9. The number of amides is 1. The molecular formula is C11H20BrNO. The molecule has 14 heavy (non-hydrogen) atoms. The van der Waals surface area contributed by atoms with Crippen molar-refractivity contribution in [1.29, 1.82) is 0 Å². The summed E-state index contributed by atoms with van der Waals surface area (Å²) >= 11 is 3.61. The molecule has 3 heteroatoms. The molecule has 1 N–H and O–H groups in total. The lowest BCUT2D eigenvalue weighted by Crippen LogP contribution is -2.40. The highest BCUT2D eigenvalue weighted by molar-refractivity contribution is 9.09. The maximum Gasteiger partial charge on any atom is 0.223 e. The summed E-state index contributed by atoms with van der Waals surface area (Å²) in [6.45, 7) is 4.13. The van der Waals surface area contributed by atoms with E-state index in [9.17, 15) is 4.79 Å². The van der Waals surface area contributed by atoms with E-state index in [2.05, 4.69) is 28.2 Å². The van der Waals surface area contributed by atoms with Gasteiger partial charge in [0.2, 0.25) is 5.91 Å². The summed E-state index contributed by atoms with van der Waals surface area (Å²) in [4.78, 5) is 12.2. The quantitative estimate of drug-likeness (QED) is 0.775. The van der Waals surface area contributed by atoms with Crippen molar-refractivity contribution >= 4 is 21.8 Å². The van der Waals surface area contributed by atoms with Crippen LogP contribution in [0.15, 0.2) is 0 Å². The van der Waals surface area contributed by atoms with Gasteiger partial charge in [0.15, 0.2) is 0 Å². The predicted molar refractivity (Wildman–Crippen MR) is 62.6 cm³/mol. The molecule has 0 aromatic rings. The zero-order chi connectivity index (χ0) is 10.6. The first-order valence-electron chi connectivity index (χ1n) is 5.59. The van der Waals surface area contributed by atoms with Crippen molar-refractivity contribution in [3.8, 4) is 0 Å². The van der Waals surface area contributed by atoms with Crippen LogP contribution in [0.2, 0.25) is 0 Å². The van der Waals surface area contributed by atoms with Gasteiger partial charge in [-0.15, -0.1) is 0 Å². The molecule has 0 aliphatic heterocycles. The first-order valence-corrected chi connectivity index (χ1v) is 6.51. The molecule has 1 saturated carbocycles. The Labute approximate surface area is 95.0 Å². The summed E-state index contributed by atoms with van der Waals surface area (Å²) in [7, 11) is 0. The Morgan fingerprint density at radius 3 is 2.79 bits per heavy atom. The van der Waals surface area contributed by atoms with E-state index in [-0.39, 0.29) is 11.8 Å². The van der Waals surface area contributed by atoms with E-state index in [1.165, 1.54) is 12.8 Å². The largest absolute Gasteiger partial charge is 0.352 e. The van der Waals surface area contributed by atoms with Crippen LogP contribution in [0.4, 0.5) is 0 Å². The molecule has 3 unspecified atom stereocenters. The van der Waals surface area contributed by atoms with E-state index < -0.39 is 0 Å². The third kappa shape index (κ3) is 3.26. The lowest BCUT2D eigenvalue weighted by Gasteiger charge is -2.19. The van der Waals surface area contributed by atoms with Crippen LogP contribution in [0.3, 0.4) is 0 Å². The van der Waals surface area contributed by atoms with Crippen molar-refractivity contribution in [3.63, 3.8) is 0 Å². The fourth-order valence-electron chi connectivity index (χ4n) is 1.97. The number of nitrogens with one attached hydrogen (secondary N) is 1. The van der Waals surface area contributed by atoms with Crippen LogP contribution < -0.4 is 5.32 Å². The zero-order valence-electron chi connectivity index (χ0n) is 9.05. The summed E-state index contributed by atoms with van der Waals surface area (Å²) in [5.41, 5.74) is 0. The van der Waals surface area contributed by atoms with Crippen LogP contribution >= 0.6 is 15.9 Å². The monoisotopic (exact) mass is 261 g/mol. The van der Waals surface area contributed by atoms with Gasteiger partial charge in [-0.05, 0) is 19.3 Å². The zero-order valence-corrected chi connectivity index (χ0v) is 10.6. The molecule has 1 amide bonds. The van der Waals surface area contributed by atoms with Crippen LogP contribution in [0.1, 0.15) is 46.0 Å². The number of alkyl halides is 1. The molecule has 1 aliphatic rings. The van der Waals surface area contributed by atoms with Gasteiger partial charge in [-0.2, -0.15) is 0 Å². The molecule has 1 aliphatic carbocycles. The van der Waals surface area contributed by atoms with Crippen LogP contribution in [0.5, 0.6) is 0 Å². The van der Waals surface area contributed by atoms with E-state index in [4.69, 9.17) is 0 Å². The van der Waals surface area contributed by atoms with E-state index in [1.54, 1.807) is 0 Å². The van der Waals surface area contributed by atoms with Gasteiger partial charge in [0.1, 0.15) is 0 Å². The molecule has 0 bridgehead atoms. The number of carbonyl (C=O) groups excluding carboxylic acids is 1. The van der Waals surface area contributed by atoms with Gasteiger partial charge in [-0.1, -0.05) is 42.6 Å². The minimum atomic E-state index is 0.167. The Balaban J connectivity index is 2.32. The van der Waals surface area contributed by atoms with Crippen LogP contribution in [0, 0.1) is 5.92 Å². The average molecular weight is 262 g/mol. The Bertz CT molecular complexity index is 196. The number of hydrogen-bond donors (Lipinski definition) is 1. The van der Waals surface area contributed by atoms with Gasteiger partial charge < -0.3 is 5.32 Å². The molecule has 1 fully saturated rings. The number of halogens is 1. The van der Waals surface area contributed by atoms with Gasteiger partial charge >= 0.3 is 0 Å². The molecule has 0 saturated heterocycles. The van der Waals surface area contributed by atoms with Crippen molar-refractivity contribution in [1.82, 2.24) is 5.32 Å². The summed E-state index contributed by atoms with van der Waals surface area (Å²) in [5.74, 6) is 0.392. The van der Waals surface area contributed by atoms with Crippen molar-refractivity contribution < 1.29 is 4.79 Å². The number of carbonyl (C=O) groups is 1. The lowest BCUT2D eigenvalue weighted by molar-refractivity contribution is -0.125. The average Bonchev–Trinajstić information content (AvgIpc) is 2.52. The second-order valence-corrected chi connectivity index (χ2v) is 5.43. The normalized spacial score (nSPS) is 28.8. The first kappa shape index (κ1) is 12.0. The maximum absolute atomic E-state index is 11.7. The second-order valence-electron chi connectivity index (χ2n) is 4.25. The third-order valence-electron chi connectivity index (χ3n) is 2.93. The summed E-state index contributed by atoms with van der Waals surface area (Å²) in [5, 5.41) is 3.13. The van der Waals surface area contributed by atoms with Crippen molar-refractivity contribution in [2.45, 2.75) is 56.8 Å². The van der Waals surface area contributed by atoms with Crippen molar-refractivity contribution in [3.05, 3.63) is 0 Å². The molecule has 0 aromatic carbocycles. The molecule has 0 aromatic heterocycles. The standard InChI is InChI=1S/C11H20BrNO/c1-3-5-8(2)11(14)13-10-7-4-6-9(10)12/h8-10H,3-7H2,1-2H3,(H,13,14). The molecule has 3 atom stereocenters. The van der Waals surface area contributed by atoms with E-state index in [0.29, 0.717) is 10.9 Å². The maximum atomic E-state index is 11.7. The summed E-state index contributed by atoms with van der Waals surface area (Å²) in [6, 6.07) is 0.363. The van der Waals surface area contributed by atoms with E-state index in [1.807, 2.05) is 6.92 Å². The van der Waals surface area contributed by atoms with Crippen LogP contribution in [0.25, 0.3) is 0 Å². The molecule has 82 valence electrons. The summed E-state index contributed by atoms with van der Waals surface area (Å²) < 4.78 is 0. The smallest absolute Gasteiger partial charge is 0.223 e. The van der Waals surface area contributed by atoms with Crippen LogP contribution in [-0.2, 0) is 4.79 Å². The fourth-order valence-corrected chi connectivity index (χ4v) is 2.69. The third-order valence-corrected chi connectivity index (χ3v) is 4.02. The molecule has 1 rings (SSSR count). The number of hydrogen-bond acceptors (Lipinski definition) is 1. The predicted octanol–water partition coefficient (Wildman–Crippen LogP) is 2.85. The van der Waals surface area contributed by atoms with Gasteiger partial charge in [-0.25, -0.2) is 0 Å². The Morgan fingerprint density at radius 2 is 2.29 bits per heavy atom. The van der Waals surface area contributed by atoms with Crippen molar-refractivity contribution in [2.75, 3.05) is 0 Å². The lowest BCUT2D eigenvalue weighted by atomic mass is 10.0. The van der Waals surface area contributed by atoms with Crippen molar-refractivity contribution in [2.24, 2.45) is 5.92 Å². The molecule has 0 radical (unpaired) electrons. The fraction of sp³-hybridized carbons (Fsp3) is 0.909. The van der Waals surface area contributed by atoms with E-state index in [0.717, 1.165) is 19.3 Å². The first-order chi connectivity index (χ1) is 6.65. The Morgan fingerprint density at radius 1 is 1.57 bits per heavy atom. The summed E-state index contributed by atoms with van der Waals surface area (Å²) in [6.07, 6.45) is 5.61. The Kier molecular flexibility index (Phi) is 4.93. The van der Waals surface area contributed by atoms with Gasteiger partial charge in [-0.3, -0.25) is 4.79 Å². The van der Waals surface area contributed by atoms with Gasteiger partial charge in [0, 0.05) is 16.8 Å². The SMILES string of the molecule is CCCC(C)C(=O)NC1CCCC1Br. The highest BCUT2D eigenvalue weighted by Gasteiger charge is 2.27. The van der Waals surface area contributed by atoms with Gasteiger partial charge in [0.05, 0.1) is 0 Å².